The van der Waals surface area contributed by atoms with Crippen LogP contribution in [0, 0.1) is 0 Å². The molecule has 2 aromatic rings. The summed E-state index contributed by atoms with van der Waals surface area (Å²) in [6, 6.07) is 3.51. The van der Waals surface area contributed by atoms with Gasteiger partial charge >= 0.3 is 5.97 Å². The van der Waals surface area contributed by atoms with Crippen LogP contribution in [0.1, 0.15) is 16.2 Å². The first-order valence-corrected chi connectivity index (χ1v) is 6.63. The summed E-state index contributed by atoms with van der Waals surface area (Å²) >= 11 is 0. The average molecular weight is 275 g/mol. The zero-order chi connectivity index (χ0) is 13.9. The van der Waals surface area contributed by atoms with Gasteiger partial charge in [-0.15, -0.1) is 10.2 Å². The van der Waals surface area contributed by atoms with E-state index in [1.165, 1.54) is 7.11 Å². The fourth-order valence-corrected chi connectivity index (χ4v) is 2.41. The Bertz CT molecular complexity index is 618. The van der Waals surface area contributed by atoms with Crippen molar-refractivity contribution in [2.75, 3.05) is 33.3 Å². The summed E-state index contributed by atoms with van der Waals surface area (Å²) in [7, 11) is 1.36. The Hall–Kier alpha value is -1.99. The van der Waals surface area contributed by atoms with E-state index < -0.39 is 5.97 Å². The minimum atomic E-state index is -0.392. The van der Waals surface area contributed by atoms with Crippen molar-refractivity contribution in [2.45, 2.75) is 6.54 Å². The number of nitrogens with zero attached hydrogens (tertiary/aromatic N) is 4. The van der Waals surface area contributed by atoms with E-state index in [-0.39, 0.29) is 0 Å². The Morgan fingerprint density at radius 3 is 2.95 bits per heavy atom. The van der Waals surface area contributed by atoms with Crippen LogP contribution in [0.5, 0.6) is 0 Å². The topological polar surface area (TPSA) is 71.8 Å². The molecular formula is C13H17N5O2. The van der Waals surface area contributed by atoms with Crippen LogP contribution < -0.4 is 5.32 Å². The quantitative estimate of drug-likeness (QED) is 0.790. The van der Waals surface area contributed by atoms with Gasteiger partial charge in [-0.3, -0.25) is 9.30 Å². The van der Waals surface area contributed by atoms with Crippen molar-refractivity contribution >= 4 is 11.6 Å². The average Bonchev–Trinajstić information content (AvgIpc) is 2.91. The summed E-state index contributed by atoms with van der Waals surface area (Å²) in [5.74, 6) is 0.448. The number of nitrogens with one attached hydrogen (secondary N) is 1. The molecule has 1 fully saturated rings. The molecule has 0 unspecified atom stereocenters. The van der Waals surface area contributed by atoms with E-state index in [9.17, 15) is 4.79 Å². The third kappa shape index (κ3) is 2.37. The second-order valence-electron chi connectivity index (χ2n) is 4.75. The molecule has 1 aliphatic rings. The lowest BCUT2D eigenvalue weighted by Gasteiger charge is -2.26. The molecule has 20 heavy (non-hydrogen) atoms. The monoisotopic (exact) mass is 275 g/mol. The highest BCUT2D eigenvalue weighted by Crippen LogP contribution is 2.12. The molecule has 7 nitrogen and oxygen atoms in total. The van der Waals surface area contributed by atoms with Gasteiger partial charge in [-0.2, -0.15) is 0 Å². The van der Waals surface area contributed by atoms with Crippen LogP contribution >= 0.6 is 0 Å². The van der Waals surface area contributed by atoms with Gasteiger partial charge in [0.2, 0.25) is 0 Å². The molecule has 7 heteroatoms. The number of hydrogen-bond donors (Lipinski definition) is 1. The van der Waals surface area contributed by atoms with Gasteiger partial charge in [0.15, 0.2) is 11.5 Å². The number of hydrogen-bond acceptors (Lipinski definition) is 6. The predicted octanol–water partition coefficient (Wildman–Crippen LogP) is -0.0789. The summed E-state index contributed by atoms with van der Waals surface area (Å²) in [6.45, 7) is 4.69. The molecule has 1 aliphatic heterocycles. The SMILES string of the molecule is COC(=O)c1cccn2c(CN3CCNCC3)nnc12. The summed E-state index contributed by atoms with van der Waals surface area (Å²) in [5, 5.41) is 11.7. The maximum Gasteiger partial charge on any atom is 0.341 e. The van der Waals surface area contributed by atoms with Crippen LogP contribution in [0.4, 0.5) is 0 Å². The number of methoxy groups -OCH3 is 1. The zero-order valence-corrected chi connectivity index (χ0v) is 11.4. The number of carbonyl (C=O) groups is 1. The minimum absolute atomic E-state index is 0.392. The van der Waals surface area contributed by atoms with Gasteiger partial charge in [-0.25, -0.2) is 4.79 Å². The van der Waals surface area contributed by atoms with E-state index in [0.717, 1.165) is 38.5 Å². The Kier molecular flexibility index (Phi) is 3.62. The van der Waals surface area contributed by atoms with Crippen molar-refractivity contribution in [2.24, 2.45) is 0 Å². The third-order valence-corrected chi connectivity index (χ3v) is 3.49. The number of ether oxygens (including phenoxy) is 1. The molecule has 2 aromatic heterocycles. The van der Waals surface area contributed by atoms with Gasteiger partial charge in [0.25, 0.3) is 0 Å². The zero-order valence-electron chi connectivity index (χ0n) is 11.4. The van der Waals surface area contributed by atoms with Gasteiger partial charge in [0.05, 0.1) is 13.7 Å². The first-order chi connectivity index (χ1) is 9.79. The van der Waals surface area contributed by atoms with Gasteiger partial charge in [0.1, 0.15) is 5.56 Å². The maximum atomic E-state index is 11.7. The van der Waals surface area contributed by atoms with Crippen molar-refractivity contribution in [1.29, 1.82) is 0 Å². The molecule has 0 atom stereocenters. The number of rotatable bonds is 3. The molecule has 0 aromatic carbocycles. The molecule has 0 radical (unpaired) electrons. The molecule has 0 amide bonds. The van der Waals surface area contributed by atoms with Crippen LogP contribution in [0.2, 0.25) is 0 Å². The van der Waals surface area contributed by atoms with E-state index in [4.69, 9.17) is 4.74 Å². The Labute approximate surface area is 116 Å². The summed E-state index contributed by atoms with van der Waals surface area (Å²) in [6.07, 6.45) is 1.87. The van der Waals surface area contributed by atoms with Crippen LogP contribution in [0.15, 0.2) is 18.3 Å². The highest BCUT2D eigenvalue weighted by atomic mass is 16.5. The van der Waals surface area contributed by atoms with Crippen molar-refractivity contribution in [3.8, 4) is 0 Å². The number of fused-ring (bicyclic) bond motifs is 1. The standard InChI is InChI=1S/C13H17N5O2/c1-20-13(19)10-3-2-6-18-11(15-16-12(10)18)9-17-7-4-14-5-8-17/h2-3,6,14H,4-5,7-9H2,1H3. The molecule has 3 rings (SSSR count). The van der Waals surface area contributed by atoms with Crippen molar-refractivity contribution in [3.63, 3.8) is 0 Å². The first-order valence-electron chi connectivity index (χ1n) is 6.63. The summed E-state index contributed by atoms with van der Waals surface area (Å²) in [5.41, 5.74) is 0.985. The highest BCUT2D eigenvalue weighted by molar-refractivity contribution is 5.95. The molecule has 1 saturated heterocycles. The van der Waals surface area contributed by atoms with Gasteiger partial charge in [-0.05, 0) is 12.1 Å². The van der Waals surface area contributed by atoms with E-state index in [1.807, 2.05) is 16.7 Å². The van der Waals surface area contributed by atoms with Crippen molar-refractivity contribution < 1.29 is 9.53 Å². The molecule has 0 spiro atoms. The van der Waals surface area contributed by atoms with E-state index >= 15 is 0 Å². The number of carbonyl (C=O) groups excluding carboxylic acids is 1. The fourth-order valence-electron chi connectivity index (χ4n) is 2.41. The number of aromatic nitrogens is 3. The Morgan fingerprint density at radius 1 is 1.40 bits per heavy atom. The van der Waals surface area contributed by atoms with Crippen LogP contribution in [0.3, 0.4) is 0 Å². The Morgan fingerprint density at radius 2 is 2.20 bits per heavy atom. The maximum absolute atomic E-state index is 11.7. The van der Waals surface area contributed by atoms with Crippen LogP contribution in [0.25, 0.3) is 5.65 Å². The normalized spacial score (nSPS) is 16.4. The number of piperazine rings is 1. The lowest BCUT2D eigenvalue weighted by Crippen LogP contribution is -2.43. The fraction of sp³-hybridized carbons (Fsp3) is 0.462. The van der Waals surface area contributed by atoms with Crippen LogP contribution in [-0.4, -0.2) is 58.8 Å². The summed E-state index contributed by atoms with van der Waals surface area (Å²) in [4.78, 5) is 14.0. The molecule has 1 N–H and O–H groups in total. The third-order valence-electron chi connectivity index (χ3n) is 3.49. The van der Waals surface area contributed by atoms with E-state index in [2.05, 4.69) is 20.4 Å². The second kappa shape index (κ2) is 5.56. The van der Waals surface area contributed by atoms with E-state index in [1.54, 1.807) is 6.07 Å². The van der Waals surface area contributed by atoms with Gasteiger partial charge in [-0.1, -0.05) is 0 Å². The van der Waals surface area contributed by atoms with E-state index in [0.29, 0.717) is 11.2 Å². The van der Waals surface area contributed by atoms with Gasteiger partial charge < -0.3 is 10.1 Å². The molecule has 106 valence electrons. The molecular weight excluding hydrogens is 258 g/mol. The predicted molar refractivity (Wildman–Crippen MR) is 72.5 cm³/mol. The van der Waals surface area contributed by atoms with Crippen molar-refractivity contribution in [1.82, 2.24) is 24.8 Å². The lowest BCUT2D eigenvalue weighted by atomic mass is 10.2. The minimum Gasteiger partial charge on any atom is -0.465 e. The van der Waals surface area contributed by atoms with Gasteiger partial charge in [0, 0.05) is 32.4 Å². The molecule has 3 heterocycles. The molecule has 0 saturated carbocycles. The number of esters is 1. The summed E-state index contributed by atoms with van der Waals surface area (Å²) < 4.78 is 6.62. The largest absolute Gasteiger partial charge is 0.465 e. The second-order valence-corrected chi connectivity index (χ2v) is 4.75. The first kappa shape index (κ1) is 13.0. The lowest BCUT2D eigenvalue weighted by molar-refractivity contribution is 0.0602. The molecule has 0 aliphatic carbocycles. The molecule has 0 bridgehead atoms. The van der Waals surface area contributed by atoms with Crippen LogP contribution in [-0.2, 0) is 11.3 Å². The smallest absolute Gasteiger partial charge is 0.341 e. The number of pyridine rings is 1. The Balaban J connectivity index is 1.91. The van der Waals surface area contributed by atoms with Crippen molar-refractivity contribution in [3.05, 3.63) is 29.7 Å². The highest BCUT2D eigenvalue weighted by Gasteiger charge is 2.17.